The van der Waals surface area contributed by atoms with Crippen LogP contribution in [0.25, 0.3) is 0 Å². The number of hydrogen-bond donors (Lipinski definition) is 1. The third kappa shape index (κ3) is 3.96. The first-order valence-electron chi connectivity index (χ1n) is 8.26. The van der Waals surface area contributed by atoms with Crippen molar-refractivity contribution in [2.45, 2.75) is 64.8 Å². The van der Waals surface area contributed by atoms with E-state index in [2.05, 4.69) is 24.1 Å². The highest BCUT2D eigenvalue weighted by Crippen LogP contribution is 2.35. The molecule has 1 N–H and O–H groups in total. The summed E-state index contributed by atoms with van der Waals surface area (Å²) in [6.07, 6.45) is 10.1. The first kappa shape index (κ1) is 14.3. The van der Waals surface area contributed by atoms with Crippen molar-refractivity contribution in [3.63, 3.8) is 0 Å². The van der Waals surface area contributed by atoms with Crippen molar-refractivity contribution in [1.82, 2.24) is 10.2 Å². The van der Waals surface area contributed by atoms with E-state index in [0.29, 0.717) is 0 Å². The molecule has 2 rings (SSSR count). The average molecular weight is 252 g/mol. The summed E-state index contributed by atoms with van der Waals surface area (Å²) in [7, 11) is 0. The molecule has 0 aromatic carbocycles. The van der Waals surface area contributed by atoms with E-state index < -0.39 is 0 Å². The van der Waals surface area contributed by atoms with Gasteiger partial charge < -0.3 is 5.32 Å². The molecule has 1 aliphatic heterocycles. The normalized spacial score (nSPS) is 31.0. The van der Waals surface area contributed by atoms with E-state index in [1.165, 1.54) is 71.1 Å². The highest BCUT2D eigenvalue weighted by Gasteiger charge is 2.33. The van der Waals surface area contributed by atoms with Gasteiger partial charge in [0.25, 0.3) is 0 Å². The molecule has 18 heavy (non-hydrogen) atoms. The number of rotatable bonds is 6. The van der Waals surface area contributed by atoms with E-state index in [-0.39, 0.29) is 0 Å². The van der Waals surface area contributed by atoms with Crippen molar-refractivity contribution in [1.29, 1.82) is 0 Å². The lowest BCUT2D eigenvalue weighted by atomic mass is 9.78. The van der Waals surface area contributed by atoms with Gasteiger partial charge in [-0.25, -0.2) is 0 Å². The minimum absolute atomic E-state index is 0.803. The maximum absolute atomic E-state index is 3.57. The van der Waals surface area contributed by atoms with E-state index in [0.717, 1.165) is 17.9 Å². The van der Waals surface area contributed by atoms with Gasteiger partial charge in [0.15, 0.2) is 0 Å². The molecule has 0 spiro atoms. The van der Waals surface area contributed by atoms with Gasteiger partial charge in [-0.15, -0.1) is 0 Å². The molecule has 0 radical (unpaired) electrons. The molecule has 0 aromatic rings. The lowest BCUT2D eigenvalue weighted by Gasteiger charge is -2.45. The summed E-state index contributed by atoms with van der Waals surface area (Å²) in [6, 6.07) is 0.932. The largest absolute Gasteiger partial charge is 0.316 e. The molecular formula is C16H32N2. The molecule has 2 nitrogen and oxygen atoms in total. The van der Waals surface area contributed by atoms with E-state index in [4.69, 9.17) is 0 Å². The van der Waals surface area contributed by atoms with Crippen molar-refractivity contribution in [2.75, 3.05) is 26.2 Å². The first-order chi connectivity index (χ1) is 8.81. The Morgan fingerprint density at radius 3 is 2.78 bits per heavy atom. The summed E-state index contributed by atoms with van der Waals surface area (Å²) in [5, 5.41) is 3.57. The fourth-order valence-electron chi connectivity index (χ4n) is 3.94. The third-order valence-electron chi connectivity index (χ3n) is 4.82. The van der Waals surface area contributed by atoms with Crippen molar-refractivity contribution in [3.8, 4) is 0 Å². The summed E-state index contributed by atoms with van der Waals surface area (Å²) in [6.45, 7) is 9.71. The number of nitrogens with one attached hydrogen (secondary N) is 1. The summed E-state index contributed by atoms with van der Waals surface area (Å²) >= 11 is 0. The molecule has 0 aromatic heterocycles. The highest BCUT2D eigenvalue weighted by atomic mass is 15.2. The van der Waals surface area contributed by atoms with Crippen LogP contribution < -0.4 is 5.32 Å². The van der Waals surface area contributed by atoms with Crippen molar-refractivity contribution < 1.29 is 0 Å². The zero-order chi connectivity index (χ0) is 12.8. The fourth-order valence-corrected chi connectivity index (χ4v) is 3.94. The molecule has 1 saturated carbocycles. The molecule has 3 atom stereocenters. The molecule has 1 heterocycles. The van der Waals surface area contributed by atoms with Crippen LogP contribution in [0.4, 0.5) is 0 Å². The Kier molecular flexibility index (Phi) is 5.97. The average Bonchev–Trinajstić information content (AvgIpc) is 2.39. The molecule has 2 heteroatoms. The maximum atomic E-state index is 3.57. The number of hydrogen-bond acceptors (Lipinski definition) is 2. The van der Waals surface area contributed by atoms with E-state index in [9.17, 15) is 0 Å². The topological polar surface area (TPSA) is 15.3 Å². The lowest BCUT2D eigenvalue weighted by Crippen LogP contribution is -2.49. The minimum Gasteiger partial charge on any atom is -0.316 e. The highest BCUT2D eigenvalue weighted by molar-refractivity contribution is 4.87. The quantitative estimate of drug-likeness (QED) is 0.730. The first-order valence-corrected chi connectivity index (χ1v) is 8.26. The summed E-state index contributed by atoms with van der Waals surface area (Å²) < 4.78 is 0. The van der Waals surface area contributed by atoms with Gasteiger partial charge in [0.1, 0.15) is 0 Å². The monoisotopic (exact) mass is 252 g/mol. The number of fused-ring (bicyclic) bond motifs is 1. The lowest BCUT2D eigenvalue weighted by molar-refractivity contribution is 0.0500. The van der Waals surface area contributed by atoms with Crippen LogP contribution >= 0.6 is 0 Å². The summed E-state index contributed by atoms with van der Waals surface area (Å²) in [4.78, 5) is 2.83. The Balaban J connectivity index is 1.76. The van der Waals surface area contributed by atoms with E-state index >= 15 is 0 Å². The molecule has 106 valence electrons. The van der Waals surface area contributed by atoms with Crippen molar-refractivity contribution in [3.05, 3.63) is 0 Å². The SMILES string of the molecule is CCCNCC(C)CN1CCCC2CCCCC21. The molecule has 1 saturated heterocycles. The van der Waals surface area contributed by atoms with Crippen LogP contribution in [0.15, 0.2) is 0 Å². The third-order valence-corrected chi connectivity index (χ3v) is 4.82. The van der Waals surface area contributed by atoms with Crippen molar-refractivity contribution in [2.24, 2.45) is 11.8 Å². The zero-order valence-corrected chi connectivity index (χ0v) is 12.5. The Labute approximate surface area is 114 Å². The van der Waals surface area contributed by atoms with Crippen LogP contribution in [0, 0.1) is 11.8 Å². The van der Waals surface area contributed by atoms with Crippen LogP contribution in [-0.2, 0) is 0 Å². The Hall–Kier alpha value is -0.0800. The minimum atomic E-state index is 0.803. The Bertz CT molecular complexity index is 227. The second-order valence-corrected chi connectivity index (χ2v) is 6.56. The van der Waals surface area contributed by atoms with Gasteiger partial charge in [0, 0.05) is 12.6 Å². The fraction of sp³-hybridized carbons (Fsp3) is 1.00. The zero-order valence-electron chi connectivity index (χ0n) is 12.5. The van der Waals surface area contributed by atoms with Crippen LogP contribution in [0.1, 0.15) is 58.8 Å². The summed E-state index contributed by atoms with van der Waals surface area (Å²) in [5.74, 6) is 1.83. The maximum Gasteiger partial charge on any atom is 0.0124 e. The number of nitrogens with zero attached hydrogens (tertiary/aromatic N) is 1. The Morgan fingerprint density at radius 2 is 1.94 bits per heavy atom. The van der Waals surface area contributed by atoms with Gasteiger partial charge in [0.2, 0.25) is 0 Å². The van der Waals surface area contributed by atoms with Gasteiger partial charge in [-0.1, -0.05) is 26.7 Å². The summed E-state index contributed by atoms with van der Waals surface area (Å²) in [5.41, 5.74) is 0. The van der Waals surface area contributed by atoms with Crippen LogP contribution in [0.2, 0.25) is 0 Å². The second-order valence-electron chi connectivity index (χ2n) is 6.56. The molecule has 0 bridgehead atoms. The standard InChI is InChI=1S/C16H32N2/c1-3-10-17-12-14(2)13-18-11-6-8-15-7-4-5-9-16(15)18/h14-17H,3-13H2,1-2H3. The van der Waals surface area contributed by atoms with Gasteiger partial charge in [-0.05, 0) is 63.6 Å². The number of piperidine rings is 1. The molecular weight excluding hydrogens is 220 g/mol. The van der Waals surface area contributed by atoms with Crippen LogP contribution in [0.3, 0.4) is 0 Å². The van der Waals surface area contributed by atoms with Crippen LogP contribution in [-0.4, -0.2) is 37.1 Å². The second kappa shape index (κ2) is 7.49. The van der Waals surface area contributed by atoms with E-state index in [1.807, 2.05) is 0 Å². The van der Waals surface area contributed by atoms with Gasteiger partial charge in [-0.2, -0.15) is 0 Å². The van der Waals surface area contributed by atoms with Gasteiger partial charge >= 0.3 is 0 Å². The molecule has 2 aliphatic rings. The Morgan fingerprint density at radius 1 is 1.17 bits per heavy atom. The van der Waals surface area contributed by atoms with Crippen LogP contribution in [0.5, 0.6) is 0 Å². The molecule has 2 fully saturated rings. The van der Waals surface area contributed by atoms with Gasteiger partial charge in [0.05, 0.1) is 0 Å². The molecule has 3 unspecified atom stereocenters. The van der Waals surface area contributed by atoms with Gasteiger partial charge in [-0.3, -0.25) is 4.90 Å². The smallest absolute Gasteiger partial charge is 0.0124 e. The van der Waals surface area contributed by atoms with Crippen molar-refractivity contribution >= 4 is 0 Å². The molecule has 0 amide bonds. The van der Waals surface area contributed by atoms with E-state index in [1.54, 1.807) is 0 Å². The predicted molar refractivity (Wildman–Crippen MR) is 78.9 cm³/mol. The number of likely N-dealkylation sites (tertiary alicyclic amines) is 1. The predicted octanol–water partition coefficient (Wildman–Crippen LogP) is 3.28. The molecule has 1 aliphatic carbocycles.